The molecule has 5 rings (SSSR count). The van der Waals surface area contributed by atoms with Crippen LogP contribution in [0, 0.1) is 0 Å². The Labute approximate surface area is 209 Å². The summed E-state index contributed by atoms with van der Waals surface area (Å²) in [7, 11) is -3.63. The van der Waals surface area contributed by atoms with Crippen molar-refractivity contribution in [2.75, 3.05) is 0 Å². The molecule has 0 fully saturated rings. The normalized spacial score (nSPS) is 15.1. The van der Waals surface area contributed by atoms with Crippen LogP contribution >= 0.6 is 0 Å². The number of H-pyrrole nitrogens is 1. The molecule has 7 nitrogen and oxygen atoms in total. The van der Waals surface area contributed by atoms with Crippen molar-refractivity contribution in [3.05, 3.63) is 65.5 Å². The molecule has 2 atom stereocenters. The van der Waals surface area contributed by atoms with Gasteiger partial charge in [-0.3, -0.25) is 0 Å². The minimum atomic E-state index is -3.63. The van der Waals surface area contributed by atoms with E-state index >= 15 is 0 Å². The molecule has 35 heavy (non-hydrogen) atoms. The molecule has 0 saturated heterocycles. The van der Waals surface area contributed by atoms with E-state index < -0.39 is 33.3 Å². The van der Waals surface area contributed by atoms with Gasteiger partial charge in [0.25, 0.3) is 0 Å². The summed E-state index contributed by atoms with van der Waals surface area (Å²) in [6.45, 7) is 0. The number of hydrogen-bond donors (Lipinski definition) is 3. The van der Waals surface area contributed by atoms with Gasteiger partial charge in [0.15, 0.2) is 0 Å². The number of hydroxylamine groups is 1. The molecule has 1 aliphatic carbocycles. The van der Waals surface area contributed by atoms with Crippen LogP contribution in [0.4, 0.5) is 0 Å². The number of rotatable bonds is 9. The molecule has 4 aromatic rings. The predicted octanol–water partition coefficient (Wildman–Crippen LogP) is 4.63. The van der Waals surface area contributed by atoms with Crippen molar-refractivity contribution in [3.63, 3.8) is 0 Å². The van der Waals surface area contributed by atoms with Crippen LogP contribution in [0.2, 0.25) is 4.71 Å². The average Bonchev–Trinajstić information content (AvgIpc) is 3.46. The zero-order valence-electron chi connectivity index (χ0n) is 19.3. The van der Waals surface area contributed by atoms with E-state index in [-0.39, 0.29) is 4.90 Å². The SMILES string of the molecule is O=C(NO)[C@H](CCCCc1c[nH]c2ccccc12)[AsH]S(=O)(=O)c1ccc2c3c(oc2c1)CCCC3. The number of amides is 1. The zero-order chi connectivity index (χ0) is 24.4. The minimum absolute atomic E-state index is 0.200. The van der Waals surface area contributed by atoms with Gasteiger partial charge >= 0.3 is 210 Å². The third-order valence-electron chi connectivity index (χ3n) is 6.83. The van der Waals surface area contributed by atoms with E-state index in [9.17, 15) is 18.4 Å². The molecule has 0 spiro atoms. The first-order chi connectivity index (χ1) is 17.0. The Morgan fingerprint density at radius 2 is 1.94 bits per heavy atom. The van der Waals surface area contributed by atoms with E-state index in [1.165, 1.54) is 16.5 Å². The number of unbranched alkanes of at least 4 members (excludes halogenated alkanes) is 1. The van der Waals surface area contributed by atoms with E-state index in [0.717, 1.165) is 55.2 Å². The van der Waals surface area contributed by atoms with Crippen LogP contribution in [0.3, 0.4) is 0 Å². The Morgan fingerprint density at radius 3 is 2.80 bits per heavy atom. The molecule has 1 amide bonds. The molecule has 2 aromatic heterocycles. The summed E-state index contributed by atoms with van der Waals surface area (Å²) >= 11 is -1.78. The summed E-state index contributed by atoms with van der Waals surface area (Å²) in [5, 5.41) is 11.4. The molecular weight excluding hydrogens is 527 g/mol. The molecule has 9 heteroatoms. The second kappa shape index (κ2) is 10.2. The molecular formula is C26H29AsN2O5S. The van der Waals surface area contributed by atoms with Crippen molar-refractivity contribution in [2.45, 2.75) is 61.0 Å². The van der Waals surface area contributed by atoms with E-state index in [2.05, 4.69) is 11.1 Å². The van der Waals surface area contributed by atoms with Crippen LogP contribution in [0.15, 0.2) is 58.0 Å². The average molecular weight is 557 g/mol. The first-order valence-corrected chi connectivity index (χ1v) is 17.3. The molecule has 3 N–H and O–H groups in total. The Bertz CT molecular complexity index is 1470. The molecule has 0 saturated carbocycles. The number of aromatic amines is 1. The standard InChI is InChI=1S/C26H29AsN2O5S/c30-26(29-31)22(10-4-1-7-17-16-28-23-11-5-2-8-19(17)23)27-35(32,33)18-13-14-21-20-9-3-6-12-24(20)34-25(21)15-18/h2,5,8,11,13-16,22,27-28,31H,1,3-4,6-7,9-10,12H2,(H,29,30)/t22-/m0/s1. The second-order valence-corrected chi connectivity index (χ2v) is 17.2. The summed E-state index contributed by atoms with van der Waals surface area (Å²) in [6.07, 6.45) is 8.83. The van der Waals surface area contributed by atoms with Gasteiger partial charge in [-0.05, 0) is 0 Å². The van der Waals surface area contributed by atoms with Crippen LogP contribution in [0.25, 0.3) is 21.9 Å². The molecule has 2 heterocycles. The monoisotopic (exact) mass is 556 g/mol. The number of carbonyl (C=O) groups excluding carboxylic acids is 1. The van der Waals surface area contributed by atoms with E-state index in [4.69, 9.17) is 4.42 Å². The van der Waals surface area contributed by atoms with Crippen molar-refractivity contribution in [2.24, 2.45) is 0 Å². The van der Waals surface area contributed by atoms with Crippen molar-refractivity contribution in [1.29, 1.82) is 0 Å². The number of aryl methyl sites for hydroxylation is 3. The summed E-state index contributed by atoms with van der Waals surface area (Å²) < 4.78 is 31.8. The van der Waals surface area contributed by atoms with Crippen molar-refractivity contribution in [1.82, 2.24) is 10.5 Å². The van der Waals surface area contributed by atoms with Gasteiger partial charge in [-0.1, -0.05) is 0 Å². The van der Waals surface area contributed by atoms with Crippen molar-refractivity contribution < 1.29 is 22.8 Å². The predicted molar refractivity (Wildman–Crippen MR) is 137 cm³/mol. The topological polar surface area (TPSA) is 112 Å². The van der Waals surface area contributed by atoms with Gasteiger partial charge in [0.1, 0.15) is 0 Å². The van der Waals surface area contributed by atoms with Gasteiger partial charge < -0.3 is 0 Å². The van der Waals surface area contributed by atoms with Gasteiger partial charge in [0.2, 0.25) is 0 Å². The van der Waals surface area contributed by atoms with Crippen molar-refractivity contribution >= 4 is 50.5 Å². The molecule has 1 unspecified atom stereocenters. The Kier molecular flexibility index (Phi) is 7.05. The van der Waals surface area contributed by atoms with Gasteiger partial charge in [-0.25, -0.2) is 0 Å². The second-order valence-electron chi connectivity index (χ2n) is 9.12. The fourth-order valence-electron chi connectivity index (χ4n) is 4.99. The van der Waals surface area contributed by atoms with Crippen LogP contribution < -0.4 is 5.48 Å². The van der Waals surface area contributed by atoms with E-state index in [0.29, 0.717) is 18.4 Å². The Morgan fingerprint density at radius 1 is 1.11 bits per heavy atom. The van der Waals surface area contributed by atoms with E-state index in [1.54, 1.807) is 17.6 Å². The van der Waals surface area contributed by atoms with Gasteiger partial charge in [-0.15, -0.1) is 0 Å². The summed E-state index contributed by atoms with van der Waals surface area (Å²) in [6, 6.07) is 13.2. The summed E-state index contributed by atoms with van der Waals surface area (Å²) in [4.78, 5) is 15.8. The van der Waals surface area contributed by atoms with Gasteiger partial charge in [-0.2, -0.15) is 0 Å². The Balaban J connectivity index is 1.26. The first-order valence-electron chi connectivity index (χ1n) is 12.0. The van der Waals surface area contributed by atoms with Gasteiger partial charge in [0, 0.05) is 0 Å². The number of nitrogens with one attached hydrogen (secondary N) is 2. The number of furan rings is 1. The summed E-state index contributed by atoms with van der Waals surface area (Å²) in [5.41, 5.74) is 5.78. The number of aromatic nitrogens is 1. The fourth-order valence-corrected chi connectivity index (χ4v) is 12.2. The molecule has 0 radical (unpaired) electrons. The zero-order valence-corrected chi connectivity index (χ0v) is 22.3. The number of para-hydroxylation sites is 1. The molecule has 184 valence electrons. The third-order valence-corrected chi connectivity index (χ3v) is 14.7. The maximum absolute atomic E-state index is 13.3. The molecule has 0 bridgehead atoms. The van der Waals surface area contributed by atoms with Gasteiger partial charge in [0.05, 0.1) is 0 Å². The van der Waals surface area contributed by atoms with Crippen LogP contribution in [-0.4, -0.2) is 39.1 Å². The number of fused-ring (bicyclic) bond motifs is 4. The van der Waals surface area contributed by atoms with E-state index in [1.807, 2.05) is 30.5 Å². The summed E-state index contributed by atoms with van der Waals surface area (Å²) in [5.74, 6) is 0.347. The van der Waals surface area contributed by atoms with Crippen LogP contribution in [0.5, 0.6) is 0 Å². The molecule has 0 aliphatic heterocycles. The number of benzene rings is 2. The number of carbonyl (C=O) groups is 1. The third kappa shape index (κ3) is 5.06. The Hall–Kier alpha value is -2.54. The first kappa shape index (κ1) is 24.2. The number of hydrogen-bond acceptors (Lipinski definition) is 5. The van der Waals surface area contributed by atoms with Crippen LogP contribution in [0.1, 0.15) is 49.0 Å². The fraction of sp³-hybridized carbons (Fsp3) is 0.346. The van der Waals surface area contributed by atoms with Crippen LogP contribution in [-0.2, 0) is 32.2 Å². The molecule has 2 aromatic carbocycles. The van der Waals surface area contributed by atoms with Crippen molar-refractivity contribution in [3.8, 4) is 0 Å². The quantitative estimate of drug-likeness (QED) is 0.121. The maximum atomic E-state index is 13.3. The molecule has 1 aliphatic rings.